The summed E-state index contributed by atoms with van der Waals surface area (Å²) in [4.78, 5) is 0. The summed E-state index contributed by atoms with van der Waals surface area (Å²) in [6, 6.07) is 6.54. The number of rotatable bonds is 0. The molecule has 3 nitrogen and oxygen atoms in total. The molecule has 2 aliphatic rings. The fraction of sp³-hybridized carbons (Fsp3) is 0.417. The number of hydrogen-bond donors (Lipinski definition) is 2. The van der Waals surface area contributed by atoms with E-state index in [2.05, 4.69) is 44.6 Å². The van der Waals surface area contributed by atoms with E-state index in [9.17, 15) is 0 Å². The highest BCUT2D eigenvalue weighted by atomic mass is 79.9. The number of hydrogen-bond acceptors (Lipinski definition) is 3. The molecular weight excluding hydrogens is 268 g/mol. The molecule has 1 fully saturated rings. The van der Waals surface area contributed by atoms with Crippen molar-refractivity contribution in [3.8, 4) is 0 Å². The van der Waals surface area contributed by atoms with E-state index >= 15 is 0 Å². The number of benzene rings is 1. The first-order valence-corrected chi connectivity index (χ1v) is 6.35. The van der Waals surface area contributed by atoms with E-state index < -0.39 is 0 Å². The van der Waals surface area contributed by atoms with Crippen molar-refractivity contribution in [2.45, 2.75) is 31.2 Å². The summed E-state index contributed by atoms with van der Waals surface area (Å²) in [5, 5.41) is 15.9. The van der Waals surface area contributed by atoms with E-state index in [1.165, 1.54) is 17.7 Å². The SMILES string of the molecule is O/N=C1\CCCC2c3ccc(Br)cc3NC12. The Balaban J connectivity index is 2.02. The minimum absolute atomic E-state index is 0.197. The van der Waals surface area contributed by atoms with Gasteiger partial charge in [-0.3, -0.25) is 0 Å². The van der Waals surface area contributed by atoms with E-state index in [0.29, 0.717) is 5.92 Å². The molecule has 0 bridgehead atoms. The highest BCUT2D eigenvalue weighted by Gasteiger charge is 2.38. The summed E-state index contributed by atoms with van der Waals surface area (Å²) >= 11 is 3.48. The molecule has 4 heteroatoms. The number of halogens is 1. The molecule has 84 valence electrons. The standard InChI is InChI=1S/C12H13BrN2O/c13-7-4-5-8-9-2-1-3-10(15-16)12(9)14-11(8)6-7/h4-6,9,12,14,16H,1-3H2/b15-10+. The van der Waals surface area contributed by atoms with Gasteiger partial charge in [0.05, 0.1) is 11.8 Å². The molecule has 2 N–H and O–H groups in total. The van der Waals surface area contributed by atoms with Crippen LogP contribution in [-0.4, -0.2) is 17.0 Å². The summed E-state index contributed by atoms with van der Waals surface area (Å²) in [7, 11) is 0. The minimum Gasteiger partial charge on any atom is -0.411 e. The quantitative estimate of drug-likeness (QED) is 0.566. The number of anilines is 1. The molecular formula is C12H13BrN2O. The monoisotopic (exact) mass is 280 g/mol. The van der Waals surface area contributed by atoms with Crippen molar-refractivity contribution in [2.75, 3.05) is 5.32 Å². The second-order valence-electron chi connectivity index (χ2n) is 4.44. The predicted octanol–water partition coefficient (Wildman–Crippen LogP) is 3.34. The summed E-state index contributed by atoms with van der Waals surface area (Å²) in [6.07, 6.45) is 3.18. The summed E-state index contributed by atoms with van der Waals surface area (Å²) in [6.45, 7) is 0. The zero-order valence-corrected chi connectivity index (χ0v) is 10.4. The van der Waals surface area contributed by atoms with Gasteiger partial charge in [0.25, 0.3) is 0 Å². The molecule has 1 aliphatic carbocycles. The van der Waals surface area contributed by atoms with Crippen molar-refractivity contribution >= 4 is 27.3 Å². The van der Waals surface area contributed by atoms with Crippen molar-refractivity contribution in [3.63, 3.8) is 0 Å². The van der Waals surface area contributed by atoms with Crippen LogP contribution in [0.5, 0.6) is 0 Å². The van der Waals surface area contributed by atoms with Crippen LogP contribution in [0.1, 0.15) is 30.7 Å². The summed E-state index contributed by atoms with van der Waals surface area (Å²) in [5.74, 6) is 0.475. The third-order valence-electron chi connectivity index (χ3n) is 3.56. The van der Waals surface area contributed by atoms with Crippen LogP contribution in [0.15, 0.2) is 27.8 Å². The van der Waals surface area contributed by atoms with E-state index in [4.69, 9.17) is 5.21 Å². The van der Waals surface area contributed by atoms with Gasteiger partial charge < -0.3 is 10.5 Å². The van der Waals surface area contributed by atoms with Crippen molar-refractivity contribution in [1.82, 2.24) is 0 Å². The molecule has 1 heterocycles. The van der Waals surface area contributed by atoms with Crippen molar-refractivity contribution < 1.29 is 5.21 Å². The van der Waals surface area contributed by atoms with Gasteiger partial charge in [0.1, 0.15) is 0 Å². The van der Waals surface area contributed by atoms with E-state index in [0.717, 1.165) is 23.0 Å². The fourth-order valence-electron chi connectivity index (χ4n) is 2.83. The smallest absolute Gasteiger partial charge is 0.0798 e. The van der Waals surface area contributed by atoms with Crippen LogP contribution in [0.3, 0.4) is 0 Å². The van der Waals surface area contributed by atoms with Gasteiger partial charge in [-0.05, 0) is 37.0 Å². The lowest BCUT2D eigenvalue weighted by molar-refractivity contribution is 0.312. The number of nitrogens with zero attached hydrogens (tertiary/aromatic N) is 1. The maximum absolute atomic E-state index is 9.01. The Morgan fingerprint density at radius 1 is 1.44 bits per heavy atom. The topological polar surface area (TPSA) is 44.6 Å². The molecule has 0 amide bonds. The maximum atomic E-state index is 9.01. The highest BCUT2D eigenvalue weighted by Crippen LogP contribution is 2.43. The van der Waals surface area contributed by atoms with Crippen molar-refractivity contribution in [1.29, 1.82) is 0 Å². The third kappa shape index (κ3) is 1.44. The Kier molecular flexibility index (Phi) is 2.39. The maximum Gasteiger partial charge on any atom is 0.0798 e. The van der Waals surface area contributed by atoms with Gasteiger partial charge in [0, 0.05) is 16.1 Å². The van der Waals surface area contributed by atoms with Gasteiger partial charge in [0.15, 0.2) is 0 Å². The van der Waals surface area contributed by atoms with E-state index in [1.54, 1.807) is 0 Å². The molecule has 1 saturated carbocycles. The van der Waals surface area contributed by atoms with Crippen LogP contribution in [0.2, 0.25) is 0 Å². The first-order chi connectivity index (χ1) is 7.79. The fourth-order valence-corrected chi connectivity index (χ4v) is 3.19. The molecule has 16 heavy (non-hydrogen) atoms. The second-order valence-corrected chi connectivity index (χ2v) is 5.36. The highest BCUT2D eigenvalue weighted by molar-refractivity contribution is 9.10. The van der Waals surface area contributed by atoms with E-state index in [-0.39, 0.29) is 6.04 Å². The van der Waals surface area contributed by atoms with Gasteiger partial charge in [-0.1, -0.05) is 27.2 Å². The van der Waals surface area contributed by atoms with Crippen LogP contribution >= 0.6 is 15.9 Å². The zero-order chi connectivity index (χ0) is 11.1. The lowest BCUT2D eigenvalue weighted by Gasteiger charge is -2.26. The Morgan fingerprint density at radius 2 is 2.31 bits per heavy atom. The number of oxime groups is 1. The van der Waals surface area contributed by atoms with Gasteiger partial charge >= 0.3 is 0 Å². The molecule has 3 rings (SSSR count). The number of fused-ring (bicyclic) bond motifs is 3. The molecule has 2 unspecified atom stereocenters. The Labute approximate surface area is 103 Å². The Bertz CT molecular complexity index is 458. The summed E-state index contributed by atoms with van der Waals surface area (Å²) in [5.41, 5.74) is 3.42. The Morgan fingerprint density at radius 3 is 3.12 bits per heavy atom. The average molecular weight is 281 g/mol. The predicted molar refractivity (Wildman–Crippen MR) is 67.4 cm³/mol. The van der Waals surface area contributed by atoms with Crippen LogP contribution in [0.25, 0.3) is 0 Å². The second kappa shape index (κ2) is 3.77. The average Bonchev–Trinajstić information content (AvgIpc) is 2.65. The van der Waals surface area contributed by atoms with Crippen LogP contribution in [0, 0.1) is 0 Å². The third-order valence-corrected chi connectivity index (χ3v) is 4.06. The molecule has 0 saturated heterocycles. The molecule has 1 aromatic rings. The lowest BCUT2D eigenvalue weighted by Crippen LogP contribution is -2.34. The molecule has 0 spiro atoms. The molecule has 1 aliphatic heterocycles. The first-order valence-electron chi connectivity index (χ1n) is 5.56. The normalized spacial score (nSPS) is 29.7. The molecule has 2 atom stereocenters. The van der Waals surface area contributed by atoms with Gasteiger partial charge in [0.2, 0.25) is 0 Å². The van der Waals surface area contributed by atoms with E-state index in [1.807, 2.05) is 0 Å². The number of nitrogens with one attached hydrogen (secondary N) is 1. The Hall–Kier alpha value is -1.03. The van der Waals surface area contributed by atoms with Crippen LogP contribution < -0.4 is 5.32 Å². The van der Waals surface area contributed by atoms with Crippen LogP contribution in [0.4, 0.5) is 5.69 Å². The van der Waals surface area contributed by atoms with Crippen molar-refractivity contribution in [2.24, 2.45) is 5.16 Å². The minimum atomic E-state index is 0.197. The first kappa shape index (κ1) is 10.1. The molecule has 0 radical (unpaired) electrons. The zero-order valence-electron chi connectivity index (χ0n) is 8.78. The molecule has 0 aromatic heterocycles. The van der Waals surface area contributed by atoms with Crippen LogP contribution in [-0.2, 0) is 0 Å². The molecule has 1 aromatic carbocycles. The van der Waals surface area contributed by atoms with Gasteiger partial charge in [-0.25, -0.2) is 0 Å². The van der Waals surface area contributed by atoms with Gasteiger partial charge in [-0.2, -0.15) is 0 Å². The summed E-state index contributed by atoms with van der Waals surface area (Å²) < 4.78 is 1.08. The largest absolute Gasteiger partial charge is 0.411 e. The van der Waals surface area contributed by atoms with Crippen molar-refractivity contribution in [3.05, 3.63) is 28.2 Å². The van der Waals surface area contributed by atoms with Gasteiger partial charge in [-0.15, -0.1) is 0 Å². The lowest BCUT2D eigenvalue weighted by atomic mass is 9.81.